The Kier molecular flexibility index (Phi) is 4.43. The fraction of sp³-hybridized carbons (Fsp3) is 0.421. The third-order valence-electron chi connectivity index (χ3n) is 4.63. The molecule has 1 aliphatic heterocycles. The Morgan fingerprint density at radius 1 is 1.25 bits per heavy atom. The minimum Gasteiger partial charge on any atom is -0.486 e. The number of hydrogen-bond acceptors (Lipinski definition) is 4. The number of hydrogen-bond donors (Lipinski definition) is 1. The molecular formula is C19H21NO3S. The first-order chi connectivity index (χ1) is 11.8. The first-order valence-corrected chi connectivity index (χ1v) is 9.42. The highest BCUT2D eigenvalue weighted by atomic mass is 32.1. The SMILES string of the molecule is O=C(CCc1cccs1)NC1CCCc2cc3c(cc21)OCCO3. The maximum Gasteiger partial charge on any atom is 0.220 e. The summed E-state index contributed by atoms with van der Waals surface area (Å²) in [6.45, 7) is 1.19. The van der Waals surface area contributed by atoms with Gasteiger partial charge in [0.1, 0.15) is 13.2 Å². The lowest BCUT2D eigenvalue weighted by Crippen LogP contribution is -2.31. The summed E-state index contributed by atoms with van der Waals surface area (Å²) in [4.78, 5) is 13.6. The Morgan fingerprint density at radius 2 is 2.08 bits per heavy atom. The quantitative estimate of drug-likeness (QED) is 0.922. The van der Waals surface area contributed by atoms with Crippen LogP contribution in [0.1, 0.15) is 41.3 Å². The predicted molar refractivity (Wildman–Crippen MR) is 93.9 cm³/mol. The zero-order valence-corrected chi connectivity index (χ0v) is 14.4. The van der Waals surface area contributed by atoms with E-state index in [0.29, 0.717) is 19.6 Å². The molecule has 1 aromatic carbocycles. The lowest BCUT2D eigenvalue weighted by Gasteiger charge is -2.29. The lowest BCUT2D eigenvalue weighted by atomic mass is 9.87. The molecule has 0 bridgehead atoms. The molecule has 4 rings (SSSR count). The molecule has 24 heavy (non-hydrogen) atoms. The molecule has 1 unspecified atom stereocenters. The van der Waals surface area contributed by atoms with E-state index in [1.807, 2.05) is 6.07 Å². The highest BCUT2D eigenvalue weighted by molar-refractivity contribution is 7.09. The number of aryl methyl sites for hydroxylation is 2. The fourth-order valence-corrected chi connectivity index (χ4v) is 4.16. The van der Waals surface area contributed by atoms with E-state index in [1.54, 1.807) is 11.3 Å². The van der Waals surface area contributed by atoms with Crippen LogP contribution < -0.4 is 14.8 Å². The Hall–Kier alpha value is -2.01. The molecule has 4 nitrogen and oxygen atoms in total. The Bertz CT molecular complexity index is 726. The van der Waals surface area contributed by atoms with E-state index < -0.39 is 0 Å². The van der Waals surface area contributed by atoms with E-state index in [2.05, 4.69) is 28.9 Å². The lowest BCUT2D eigenvalue weighted by molar-refractivity contribution is -0.121. The van der Waals surface area contributed by atoms with Crippen molar-refractivity contribution in [1.82, 2.24) is 5.32 Å². The first kappa shape index (κ1) is 15.5. The van der Waals surface area contributed by atoms with Crippen molar-refractivity contribution in [1.29, 1.82) is 0 Å². The van der Waals surface area contributed by atoms with Crippen LogP contribution in [0.2, 0.25) is 0 Å². The van der Waals surface area contributed by atoms with E-state index in [0.717, 1.165) is 37.2 Å². The van der Waals surface area contributed by atoms with Crippen LogP contribution in [0.15, 0.2) is 29.6 Å². The normalized spacial score (nSPS) is 18.8. The molecule has 1 atom stereocenters. The van der Waals surface area contributed by atoms with Crippen molar-refractivity contribution in [3.63, 3.8) is 0 Å². The molecule has 1 N–H and O–H groups in total. The zero-order chi connectivity index (χ0) is 16.4. The molecule has 0 radical (unpaired) electrons. The van der Waals surface area contributed by atoms with Gasteiger partial charge in [-0.25, -0.2) is 0 Å². The Labute approximate surface area is 145 Å². The van der Waals surface area contributed by atoms with Crippen LogP contribution in [0.4, 0.5) is 0 Å². The van der Waals surface area contributed by atoms with Gasteiger partial charge in [-0.05, 0) is 60.4 Å². The van der Waals surface area contributed by atoms with Gasteiger partial charge in [-0.15, -0.1) is 11.3 Å². The number of carbonyl (C=O) groups is 1. The number of amides is 1. The third kappa shape index (κ3) is 3.26. The van der Waals surface area contributed by atoms with Crippen LogP contribution in [0.25, 0.3) is 0 Å². The van der Waals surface area contributed by atoms with Crippen molar-refractivity contribution < 1.29 is 14.3 Å². The second-order valence-corrected chi connectivity index (χ2v) is 7.32. The minimum absolute atomic E-state index is 0.0837. The van der Waals surface area contributed by atoms with Gasteiger partial charge in [0.2, 0.25) is 5.91 Å². The van der Waals surface area contributed by atoms with Gasteiger partial charge in [0.05, 0.1) is 6.04 Å². The average molecular weight is 343 g/mol. The first-order valence-electron chi connectivity index (χ1n) is 8.54. The summed E-state index contributed by atoms with van der Waals surface area (Å²) < 4.78 is 11.4. The summed E-state index contributed by atoms with van der Waals surface area (Å²) in [6, 6.07) is 8.35. The van der Waals surface area contributed by atoms with Crippen LogP contribution in [-0.4, -0.2) is 19.1 Å². The molecule has 0 saturated heterocycles. The maximum atomic E-state index is 12.3. The predicted octanol–water partition coefficient (Wildman–Crippen LogP) is 3.65. The molecular weight excluding hydrogens is 322 g/mol. The zero-order valence-electron chi connectivity index (χ0n) is 13.5. The number of benzene rings is 1. The highest BCUT2D eigenvalue weighted by Gasteiger charge is 2.25. The standard InChI is InChI=1S/C19H21NO3S/c21-19(7-6-14-4-2-10-24-14)20-16-5-1-3-13-11-17-18(12-15(13)16)23-9-8-22-17/h2,4,10-12,16H,1,3,5-9H2,(H,20,21). The van der Waals surface area contributed by atoms with Gasteiger partial charge in [0.15, 0.2) is 11.5 Å². The smallest absolute Gasteiger partial charge is 0.220 e. The van der Waals surface area contributed by atoms with Gasteiger partial charge in [-0.2, -0.15) is 0 Å². The van der Waals surface area contributed by atoms with Crippen molar-refractivity contribution in [2.75, 3.05) is 13.2 Å². The van der Waals surface area contributed by atoms with Gasteiger partial charge < -0.3 is 14.8 Å². The Morgan fingerprint density at radius 3 is 2.88 bits per heavy atom. The molecule has 0 spiro atoms. The van der Waals surface area contributed by atoms with Gasteiger partial charge in [0, 0.05) is 11.3 Å². The van der Waals surface area contributed by atoms with Crippen molar-refractivity contribution in [2.24, 2.45) is 0 Å². The van der Waals surface area contributed by atoms with Gasteiger partial charge in [-0.3, -0.25) is 4.79 Å². The summed E-state index contributed by atoms with van der Waals surface area (Å²) in [5, 5.41) is 5.27. The molecule has 2 aliphatic rings. The summed E-state index contributed by atoms with van der Waals surface area (Å²) in [7, 11) is 0. The van der Waals surface area contributed by atoms with Crippen LogP contribution in [0, 0.1) is 0 Å². The molecule has 0 saturated carbocycles. The van der Waals surface area contributed by atoms with Crippen LogP contribution in [0.5, 0.6) is 11.5 Å². The van der Waals surface area contributed by atoms with Crippen LogP contribution >= 0.6 is 11.3 Å². The topological polar surface area (TPSA) is 47.6 Å². The maximum absolute atomic E-state index is 12.3. The van der Waals surface area contributed by atoms with Crippen molar-refractivity contribution in [2.45, 2.75) is 38.1 Å². The fourth-order valence-electron chi connectivity index (χ4n) is 3.45. The number of thiophene rings is 1. The van der Waals surface area contributed by atoms with Crippen molar-refractivity contribution >= 4 is 17.2 Å². The van der Waals surface area contributed by atoms with E-state index in [4.69, 9.17) is 9.47 Å². The average Bonchev–Trinajstić information content (AvgIpc) is 3.12. The summed E-state index contributed by atoms with van der Waals surface area (Å²) in [6.07, 6.45) is 4.45. The van der Waals surface area contributed by atoms with Gasteiger partial charge in [0.25, 0.3) is 0 Å². The molecule has 0 fully saturated rings. The molecule has 1 amide bonds. The second-order valence-electron chi connectivity index (χ2n) is 6.29. The summed E-state index contributed by atoms with van der Waals surface area (Å²) in [5.74, 6) is 1.76. The third-order valence-corrected chi connectivity index (χ3v) is 5.57. The van der Waals surface area contributed by atoms with Gasteiger partial charge >= 0.3 is 0 Å². The summed E-state index contributed by atoms with van der Waals surface area (Å²) in [5.41, 5.74) is 2.46. The molecule has 2 heterocycles. The van der Waals surface area contributed by atoms with E-state index in [-0.39, 0.29) is 11.9 Å². The molecule has 1 aliphatic carbocycles. The highest BCUT2D eigenvalue weighted by Crippen LogP contribution is 2.39. The number of ether oxygens (including phenoxy) is 2. The monoisotopic (exact) mass is 343 g/mol. The van der Waals surface area contributed by atoms with E-state index in [1.165, 1.54) is 16.0 Å². The van der Waals surface area contributed by atoms with Crippen molar-refractivity contribution in [3.05, 3.63) is 45.6 Å². The second kappa shape index (κ2) is 6.85. The number of rotatable bonds is 4. The van der Waals surface area contributed by atoms with Crippen LogP contribution in [-0.2, 0) is 17.6 Å². The molecule has 1 aromatic heterocycles. The molecule has 126 valence electrons. The van der Waals surface area contributed by atoms with Crippen molar-refractivity contribution in [3.8, 4) is 11.5 Å². The largest absolute Gasteiger partial charge is 0.486 e. The number of nitrogens with one attached hydrogen (secondary N) is 1. The van der Waals surface area contributed by atoms with E-state index in [9.17, 15) is 4.79 Å². The Balaban J connectivity index is 1.46. The van der Waals surface area contributed by atoms with Gasteiger partial charge in [-0.1, -0.05) is 6.07 Å². The van der Waals surface area contributed by atoms with E-state index >= 15 is 0 Å². The number of fused-ring (bicyclic) bond motifs is 2. The number of carbonyl (C=O) groups excluding carboxylic acids is 1. The molecule has 2 aromatic rings. The summed E-state index contributed by atoms with van der Waals surface area (Å²) >= 11 is 1.70. The molecule has 5 heteroatoms. The minimum atomic E-state index is 0.0837. The van der Waals surface area contributed by atoms with Crippen LogP contribution in [0.3, 0.4) is 0 Å².